The molecule has 0 spiro atoms. The summed E-state index contributed by atoms with van der Waals surface area (Å²) in [5.74, 6) is 0.110. The highest BCUT2D eigenvalue weighted by Crippen LogP contribution is 2.26. The van der Waals surface area contributed by atoms with E-state index in [2.05, 4.69) is 15.5 Å². The zero-order valence-corrected chi connectivity index (χ0v) is 18.7. The fourth-order valence-corrected chi connectivity index (χ4v) is 3.38. The van der Waals surface area contributed by atoms with Crippen molar-refractivity contribution in [2.75, 3.05) is 5.32 Å². The third-order valence-corrected chi connectivity index (χ3v) is 5.04. The third kappa shape index (κ3) is 5.70. The Hall–Kier alpha value is -4.09. The van der Waals surface area contributed by atoms with Crippen LogP contribution in [0.15, 0.2) is 53.2 Å². The lowest BCUT2D eigenvalue weighted by Gasteiger charge is -2.09. The molecule has 0 aliphatic heterocycles. The van der Waals surface area contributed by atoms with Gasteiger partial charge < -0.3 is 14.5 Å². The van der Waals surface area contributed by atoms with Gasteiger partial charge in [0, 0.05) is 0 Å². The zero-order valence-electron chi connectivity index (χ0n) is 18.7. The lowest BCUT2D eigenvalue weighted by molar-refractivity contribution is 0.0994. The Morgan fingerprint density at radius 2 is 1.91 bits per heavy atom. The number of carbonyl (C=O) groups is 1. The van der Waals surface area contributed by atoms with E-state index in [-0.39, 0.29) is 24.8 Å². The summed E-state index contributed by atoms with van der Waals surface area (Å²) in [4.78, 5) is 12.5. The number of rotatable bonds is 9. The molecular weight excluding hydrogens is 470 g/mol. The highest BCUT2D eigenvalue weighted by Gasteiger charge is 2.22. The Morgan fingerprint density at radius 1 is 1.11 bits per heavy atom. The minimum atomic E-state index is -3.00. The number of amides is 1. The van der Waals surface area contributed by atoms with Crippen molar-refractivity contribution in [1.82, 2.24) is 19.6 Å². The standard InChI is InChI=1S/C23H21F4N5O3/c1-13-3-5-19(14(2)7-13)34-12-31-10-15(9-28-31)29-23(33)20-6-4-16(35-20)11-32-18(22(26)27)8-17(30-32)21(24)25/h3-10,21-22H,11-12H2,1-2H3,(H,29,33). The summed E-state index contributed by atoms with van der Waals surface area (Å²) >= 11 is 0. The molecule has 0 saturated carbocycles. The number of nitrogens with one attached hydrogen (secondary N) is 1. The number of benzene rings is 1. The predicted octanol–water partition coefficient (Wildman–Crippen LogP) is 5.50. The predicted molar refractivity (Wildman–Crippen MR) is 117 cm³/mol. The first kappa shape index (κ1) is 24.0. The van der Waals surface area contributed by atoms with Gasteiger partial charge in [0.2, 0.25) is 0 Å². The van der Waals surface area contributed by atoms with Gasteiger partial charge in [0.25, 0.3) is 18.8 Å². The van der Waals surface area contributed by atoms with E-state index in [0.717, 1.165) is 15.8 Å². The maximum Gasteiger partial charge on any atom is 0.291 e. The van der Waals surface area contributed by atoms with Gasteiger partial charge in [-0.25, -0.2) is 22.2 Å². The van der Waals surface area contributed by atoms with E-state index >= 15 is 0 Å². The number of anilines is 1. The van der Waals surface area contributed by atoms with Crippen LogP contribution in [0.3, 0.4) is 0 Å². The van der Waals surface area contributed by atoms with Crippen molar-refractivity contribution in [2.24, 2.45) is 0 Å². The molecule has 35 heavy (non-hydrogen) atoms. The van der Waals surface area contributed by atoms with Crippen molar-refractivity contribution in [2.45, 2.75) is 40.0 Å². The molecule has 4 rings (SSSR count). The Balaban J connectivity index is 1.37. The van der Waals surface area contributed by atoms with Gasteiger partial charge in [-0.3, -0.25) is 9.48 Å². The maximum absolute atomic E-state index is 13.2. The second-order valence-electron chi connectivity index (χ2n) is 7.78. The van der Waals surface area contributed by atoms with Crippen LogP contribution in [0.25, 0.3) is 0 Å². The molecule has 0 aliphatic carbocycles. The molecule has 3 heterocycles. The molecule has 0 bridgehead atoms. The van der Waals surface area contributed by atoms with Crippen molar-refractivity contribution in [3.8, 4) is 5.75 Å². The molecule has 12 heteroatoms. The smallest absolute Gasteiger partial charge is 0.291 e. The lowest BCUT2D eigenvalue weighted by Crippen LogP contribution is -2.11. The summed E-state index contributed by atoms with van der Waals surface area (Å²) in [6, 6.07) is 9.18. The topological polar surface area (TPSA) is 87.1 Å². The second-order valence-corrected chi connectivity index (χ2v) is 7.78. The molecule has 1 N–H and O–H groups in total. The molecule has 8 nitrogen and oxygen atoms in total. The van der Waals surface area contributed by atoms with Gasteiger partial charge in [-0.15, -0.1) is 0 Å². The van der Waals surface area contributed by atoms with E-state index in [4.69, 9.17) is 9.15 Å². The first-order chi connectivity index (χ1) is 16.7. The number of hydrogen-bond donors (Lipinski definition) is 1. The quantitative estimate of drug-likeness (QED) is 0.313. The van der Waals surface area contributed by atoms with E-state index in [1.807, 2.05) is 32.0 Å². The summed E-state index contributed by atoms with van der Waals surface area (Å²) in [5, 5.41) is 10.2. The molecule has 0 radical (unpaired) electrons. The van der Waals surface area contributed by atoms with E-state index in [1.165, 1.54) is 23.0 Å². The van der Waals surface area contributed by atoms with Gasteiger partial charge in [-0.1, -0.05) is 17.7 Å². The number of hydrogen-bond acceptors (Lipinski definition) is 5. The molecule has 0 unspecified atom stereocenters. The van der Waals surface area contributed by atoms with Gasteiger partial charge in [0.15, 0.2) is 12.5 Å². The molecule has 0 aliphatic rings. The second kappa shape index (κ2) is 10.0. The third-order valence-electron chi connectivity index (χ3n) is 5.04. The first-order valence-corrected chi connectivity index (χ1v) is 10.5. The van der Waals surface area contributed by atoms with Crippen molar-refractivity contribution >= 4 is 11.6 Å². The van der Waals surface area contributed by atoms with E-state index in [1.54, 1.807) is 6.20 Å². The Labute approximate surface area is 197 Å². The molecule has 0 saturated heterocycles. The van der Waals surface area contributed by atoms with Crippen LogP contribution in [0.5, 0.6) is 5.75 Å². The Kier molecular flexibility index (Phi) is 6.90. The first-order valence-electron chi connectivity index (χ1n) is 10.5. The van der Waals surface area contributed by atoms with Gasteiger partial charge in [-0.05, 0) is 43.7 Å². The van der Waals surface area contributed by atoms with E-state index < -0.39 is 30.1 Å². The minimum Gasteiger partial charge on any atom is -0.471 e. The van der Waals surface area contributed by atoms with Crippen LogP contribution in [-0.4, -0.2) is 25.5 Å². The minimum absolute atomic E-state index is 0.0959. The molecule has 1 amide bonds. The van der Waals surface area contributed by atoms with Crippen LogP contribution >= 0.6 is 0 Å². The number of aromatic nitrogens is 4. The molecule has 184 valence electrons. The van der Waals surface area contributed by atoms with Gasteiger partial charge in [0.1, 0.15) is 22.9 Å². The Morgan fingerprint density at radius 3 is 2.63 bits per heavy atom. The normalized spacial score (nSPS) is 11.4. The molecular formula is C23H21F4N5O3. The summed E-state index contributed by atoms with van der Waals surface area (Å²) in [6.45, 7) is 3.71. The van der Waals surface area contributed by atoms with E-state index in [0.29, 0.717) is 17.5 Å². The average Bonchev–Trinajstić information content (AvgIpc) is 3.53. The number of halogens is 4. The van der Waals surface area contributed by atoms with Crippen LogP contribution in [0.2, 0.25) is 0 Å². The summed E-state index contributed by atoms with van der Waals surface area (Å²) in [7, 11) is 0. The molecule has 1 aromatic carbocycles. The fourth-order valence-electron chi connectivity index (χ4n) is 3.38. The maximum atomic E-state index is 13.2. The van der Waals surface area contributed by atoms with Gasteiger partial charge in [-0.2, -0.15) is 10.2 Å². The number of alkyl halides is 4. The zero-order chi connectivity index (χ0) is 25.1. The molecule has 0 atom stereocenters. The van der Waals surface area contributed by atoms with Crippen molar-refractivity contribution in [3.63, 3.8) is 0 Å². The molecule has 3 aromatic heterocycles. The highest BCUT2D eigenvalue weighted by atomic mass is 19.3. The van der Waals surface area contributed by atoms with Gasteiger partial charge in [0.05, 0.1) is 24.6 Å². The van der Waals surface area contributed by atoms with Crippen LogP contribution in [-0.2, 0) is 13.3 Å². The summed E-state index contributed by atoms with van der Waals surface area (Å²) < 4.78 is 65.4. The van der Waals surface area contributed by atoms with Crippen molar-refractivity contribution in [3.05, 3.63) is 82.8 Å². The van der Waals surface area contributed by atoms with Crippen molar-refractivity contribution < 1.29 is 31.5 Å². The highest BCUT2D eigenvalue weighted by molar-refractivity contribution is 6.02. The number of furan rings is 1. The fraction of sp³-hybridized carbons (Fsp3) is 0.261. The van der Waals surface area contributed by atoms with Crippen LogP contribution in [0.4, 0.5) is 23.2 Å². The number of ether oxygens (including phenoxy) is 1. The molecule has 0 fully saturated rings. The number of aryl methyl sites for hydroxylation is 2. The number of nitrogens with zero attached hydrogens (tertiary/aromatic N) is 4. The number of carbonyl (C=O) groups excluding carboxylic acids is 1. The average molecular weight is 491 g/mol. The lowest BCUT2D eigenvalue weighted by atomic mass is 10.1. The van der Waals surface area contributed by atoms with Crippen LogP contribution < -0.4 is 10.1 Å². The van der Waals surface area contributed by atoms with Crippen molar-refractivity contribution in [1.29, 1.82) is 0 Å². The monoisotopic (exact) mass is 491 g/mol. The summed E-state index contributed by atoms with van der Waals surface area (Å²) in [5.41, 5.74) is 1.06. The summed E-state index contributed by atoms with van der Waals surface area (Å²) in [6.07, 6.45) is -2.99. The molecule has 4 aromatic rings. The van der Waals surface area contributed by atoms with Gasteiger partial charge >= 0.3 is 0 Å². The van der Waals surface area contributed by atoms with Crippen LogP contribution in [0.1, 0.15) is 51.7 Å². The largest absolute Gasteiger partial charge is 0.471 e. The SMILES string of the molecule is Cc1ccc(OCn2cc(NC(=O)c3ccc(Cn4nc(C(F)F)cc4C(F)F)o3)cn2)c(C)c1. The van der Waals surface area contributed by atoms with E-state index in [9.17, 15) is 22.4 Å². The van der Waals surface area contributed by atoms with Crippen LogP contribution in [0, 0.1) is 13.8 Å². The Bertz CT molecular complexity index is 1330.